The summed E-state index contributed by atoms with van der Waals surface area (Å²) in [5, 5.41) is 0. The summed E-state index contributed by atoms with van der Waals surface area (Å²) >= 11 is 0. The van der Waals surface area contributed by atoms with Gasteiger partial charge in [-0.3, -0.25) is 0 Å². The van der Waals surface area contributed by atoms with E-state index in [1.54, 1.807) is 0 Å². The van der Waals surface area contributed by atoms with Crippen molar-refractivity contribution in [2.45, 2.75) is 32.1 Å². The third kappa shape index (κ3) is 4.86. The first-order valence-electron chi connectivity index (χ1n) is 11.3. The van der Waals surface area contributed by atoms with E-state index in [-0.39, 0.29) is 0 Å². The highest BCUT2D eigenvalue weighted by Crippen LogP contribution is 2.29. The molecule has 0 unspecified atom stereocenters. The van der Waals surface area contributed by atoms with Gasteiger partial charge < -0.3 is 0 Å². The van der Waals surface area contributed by atoms with Crippen LogP contribution in [0, 0.1) is 0 Å². The molecule has 0 nitrogen and oxygen atoms in total. The van der Waals surface area contributed by atoms with Crippen molar-refractivity contribution in [2.24, 2.45) is 0 Å². The van der Waals surface area contributed by atoms with Crippen molar-refractivity contribution in [1.29, 1.82) is 0 Å². The van der Waals surface area contributed by atoms with Crippen molar-refractivity contribution >= 4 is 11.6 Å². The monoisotopic (exact) mass is 400 g/mol. The number of hydrogen-bond acceptors (Lipinski definition) is 0. The molecule has 0 spiro atoms. The highest BCUT2D eigenvalue weighted by molar-refractivity contribution is 5.84. The lowest BCUT2D eigenvalue weighted by Crippen LogP contribution is -2.03. The zero-order valence-electron chi connectivity index (χ0n) is 17.9. The number of hydrogen-bond donors (Lipinski definition) is 0. The maximum Gasteiger partial charge on any atom is -0.00195 e. The number of allylic oxidation sites excluding steroid dienone is 1. The van der Waals surface area contributed by atoms with Crippen LogP contribution in [0.4, 0.5) is 0 Å². The molecule has 0 saturated carbocycles. The molecule has 0 aromatic heterocycles. The summed E-state index contributed by atoms with van der Waals surface area (Å²) in [4.78, 5) is 0. The predicted octanol–water partition coefficient (Wildman–Crippen LogP) is 7.35. The normalized spacial score (nSPS) is 13.6. The minimum atomic E-state index is 0.944. The van der Waals surface area contributed by atoms with Crippen LogP contribution in [0.3, 0.4) is 0 Å². The third-order valence-corrected chi connectivity index (χ3v) is 6.31. The topological polar surface area (TPSA) is 0 Å². The van der Waals surface area contributed by atoms with Gasteiger partial charge in [-0.2, -0.15) is 0 Å². The standard InChI is InChI=1S/C31H28/c1-3-7-26(8-4-1)21-30(22-27-9-5-2-6-10-27)31-23-28-16-15-24-11-13-25(14-12-24)17-19-29(31)20-18-28/h1-14,18,20-21,23H,15-17,19,22H2/b30-21+. The van der Waals surface area contributed by atoms with Crippen molar-refractivity contribution in [2.75, 3.05) is 0 Å². The molecule has 8 rings (SSSR count). The van der Waals surface area contributed by atoms with Gasteiger partial charge in [0.25, 0.3) is 0 Å². The summed E-state index contributed by atoms with van der Waals surface area (Å²) < 4.78 is 0. The molecule has 0 heterocycles. The van der Waals surface area contributed by atoms with Crippen LogP contribution in [0.5, 0.6) is 0 Å². The van der Waals surface area contributed by atoms with Gasteiger partial charge >= 0.3 is 0 Å². The van der Waals surface area contributed by atoms with Gasteiger partial charge in [0.15, 0.2) is 0 Å². The van der Waals surface area contributed by atoms with E-state index >= 15 is 0 Å². The zero-order chi connectivity index (χ0) is 20.9. The van der Waals surface area contributed by atoms with Crippen LogP contribution in [0.1, 0.15) is 38.9 Å². The smallest absolute Gasteiger partial charge is 0.00195 e. The molecule has 0 radical (unpaired) electrons. The van der Waals surface area contributed by atoms with Crippen LogP contribution in [-0.2, 0) is 32.1 Å². The molecule has 152 valence electrons. The Bertz CT molecular complexity index is 1170. The first-order valence-corrected chi connectivity index (χ1v) is 11.3. The van der Waals surface area contributed by atoms with E-state index in [9.17, 15) is 0 Å². The van der Waals surface area contributed by atoms with E-state index in [2.05, 4.69) is 109 Å². The molecule has 0 heteroatoms. The van der Waals surface area contributed by atoms with Gasteiger partial charge in [0.1, 0.15) is 0 Å². The van der Waals surface area contributed by atoms with Gasteiger partial charge in [0, 0.05) is 0 Å². The van der Waals surface area contributed by atoms with Crippen molar-refractivity contribution in [3.8, 4) is 0 Å². The molecule has 0 amide bonds. The molecule has 4 aromatic rings. The van der Waals surface area contributed by atoms with E-state index in [0.717, 1.165) is 32.1 Å². The molecule has 0 saturated heterocycles. The lowest BCUT2D eigenvalue weighted by molar-refractivity contribution is 0.917. The zero-order valence-corrected chi connectivity index (χ0v) is 17.9. The average Bonchev–Trinajstić information content (AvgIpc) is 2.82. The lowest BCUT2D eigenvalue weighted by Gasteiger charge is -2.17. The third-order valence-electron chi connectivity index (χ3n) is 6.31. The second-order valence-electron chi connectivity index (χ2n) is 8.55. The van der Waals surface area contributed by atoms with E-state index in [1.807, 2.05) is 0 Å². The van der Waals surface area contributed by atoms with Crippen LogP contribution >= 0.6 is 0 Å². The van der Waals surface area contributed by atoms with Crippen LogP contribution < -0.4 is 0 Å². The van der Waals surface area contributed by atoms with Gasteiger partial charge in [-0.15, -0.1) is 0 Å². The van der Waals surface area contributed by atoms with Crippen molar-refractivity contribution in [3.63, 3.8) is 0 Å². The Balaban J connectivity index is 1.59. The summed E-state index contributed by atoms with van der Waals surface area (Å²) in [5.41, 5.74) is 11.2. The van der Waals surface area contributed by atoms with E-state index in [0.29, 0.717) is 0 Å². The highest BCUT2D eigenvalue weighted by Gasteiger charge is 2.12. The second-order valence-corrected chi connectivity index (χ2v) is 8.55. The fraction of sp³-hybridized carbons (Fsp3) is 0.161. The number of aryl methyl sites for hydroxylation is 4. The molecule has 4 aliphatic carbocycles. The second kappa shape index (κ2) is 9.18. The summed E-state index contributed by atoms with van der Waals surface area (Å²) in [6.07, 6.45) is 7.65. The Hall–Kier alpha value is -3.38. The average molecular weight is 401 g/mol. The Morgan fingerprint density at radius 3 is 1.87 bits per heavy atom. The molecule has 4 bridgehead atoms. The fourth-order valence-electron chi connectivity index (χ4n) is 4.53. The van der Waals surface area contributed by atoms with Crippen LogP contribution in [0.15, 0.2) is 103 Å². The van der Waals surface area contributed by atoms with Crippen molar-refractivity contribution in [1.82, 2.24) is 0 Å². The molecule has 0 atom stereocenters. The Kier molecular flexibility index (Phi) is 5.80. The number of benzene rings is 4. The molecule has 31 heavy (non-hydrogen) atoms. The van der Waals surface area contributed by atoms with Crippen LogP contribution in [-0.4, -0.2) is 0 Å². The maximum atomic E-state index is 2.46. The van der Waals surface area contributed by atoms with Gasteiger partial charge in [0.05, 0.1) is 0 Å². The number of rotatable bonds is 4. The molecule has 0 N–H and O–H groups in total. The first-order chi connectivity index (χ1) is 15.3. The SMILES string of the molecule is C(=C(/Cc1ccccc1)c1cc2ccc1CCc1ccc(cc1)CC2)/c1ccccc1. The van der Waals surface area contributed by atoms with E-state index in [4.69, 9.17) is 0 Å². The van der Waals surface area contributed by atoms with E-state index < -0.39 is 0 Å². The first kappa shape index (κ1) is 19.6. The van der Waals surface area contributed by atoms with E-state index in [1.165, 1.54) is 44.5 Å². The molecular formula is C31H28. The Morgan fingerprint density at radius 2 is 1.16 bits per heavy atom. The van der Waals surface area contributed by atoms with Gasteiger partial charge in [-0.25, -0.2) is 0 Å². The van der Waals surface area contributed by atoms with Crippen LogP contribution in [0.25, 0.3) is 11.6 Å². The van der Waals surface area contributed by atoms with Gasteiger partial charge in [-0.05, 0) is 76.6 Å². The fourth-order valence-corrected chi connectivity index (χ4v) is 4.53. The summed E-state index contributed by atoms with van der Waals surface area (Å²) in [5.74, 6) is 0. The summed E-state index contributed by atoms with van der Waals surface area (Å²) in [6.45, 7) is 0. The summed E-state index contributed by atoms with van der Waals surface area (Å²) in [7, 11) is 0. The lowest BCUT2D eigenvalue weighted by atomic mass is 9.87. The largest absolute Gasteiger partial charge is 0.0622 e. The highest BCUT2D eigenvalue weighted by atomic mass is 14.2. The molecule has 4 aliphatic rings. The Labute approximate surface area is 185 Å². The minimum absolute atomic E-state index is 0.944. The predicted molar refractivity (Wildman–Crippen MR) is 132 cm³/mol. The van der Waals surface area contributed by atoms with Gasteiger partial charge in [0.2, 0.25) is 0 Å². The van der Waals surface area contributed by atoms with Crippen LogP contribution in [0.2, 0.25) is 0 Å². The Morgan fingerprint density at radius 1 is 0.581 bits per heavy atom. The minimum Gasteiger partial charge on any atom is -0.0622 e. The molecule has 4 aromatic carbocycles. The molecular weight excluding hydrogens is 372 g/mol. The molecule has 0 fully saturated rings. The molecule has 0 aliphatic heterocycles. The quantitative estimate of drug-likeness (QED) is 0.314. The summed E-state index contributed by atoms with van der Waals surface area (Å²) in [6, 6.07) is 38.0. The van der Waals surface area contributed by atoms with Crippen molar-refractivity contribution in [3.05, 3.63) is 142 Å². The maximum absolute atomic E-state index is 2.46. The van der Waals surface area contributed by atoms with Gasteiger partial charge in [-0.1, -0.05) is 109 Å². The van der Waals surface area contributed by atoms with Crippen molar-refractivity contribution < 1.29 is 0 Å².